The molecule has 2 amide bonds. The summed E-state index contributed by atoms with van der Waals surface area (Å²) in [5.41, 5.74) is 0.298. The number of benzene rings is 1. The summed E-state index contributed by atoms with van der Waals surface area (Å²) >= 11 is 3.20. The molecule has 0 aliphatic heterocycles. The highest BCUT2D eigenvalue weighted by atomic mass is 79.9. The zero-order chi connectivity index (χ0) is 14.7. The first-order valence-electron chi connectivity index (χ1n) is 6.23. The van der Waals surface area contributed by atoms with Gasteiger partial charge in [-0.3, -0.25) is 4.79 Å². The smallest absolute Gasteiger partial charge is 0.319 e. The third kappa shape index (κ3) is 3.47. The number of amides is 2. The van der Waals surface area contributed by atoms with E-state index in [1.807, 2.05) is 0 Å². The van der Waals surface area contributed by atoms with Gasteiger partial charge in [-0.05, 0) is 47.0 Å². The van der Waals surface area contributed by atoms with E-state index in [9.17, 15) is 14.0 Å². The van der Waals surface area contributed by atoms with Crippen LogP contribution in [0.1, 0.15) is 19.3 Å². The summed E-state index contributed by atoms with van der Waals surface area (Å²) in [6.07, 6.45) is 1.96. The molecule has 2 rings (SSSR count). The number of hydrogen-bond donors (Lipinski definition) is 3. The molecule has 0 radical (unpaired) electrons. The highest BCUT2D eigenvalue weighted by Crippen LogP contribution is 2.26. The lowest BCUT2D eigenvalue weighted by molar-refractivity contribution is -0.142. The lowest BCUT2D eigenvalue weighted by Crippen LogP contribution is -2.42. The number of carboxylic acids is 1. The van der Waals surface area contributed by atoms with Crippen LogP contribution in [0.2, 0.25) is 0 Å². The van der Waals surface area contributed by atoms with Gasteiger partial charge in [-0.25, -0.2) is 9.18 Å². The summed E-state index contributed by atoms with van der Waals surface area (Å²) < 4.78 is 13.7. The predicted octanol–water partition coefficient (Wildman–Crippen LogP) is 2.96. The number of urea groups is 1. The van der Waals surface area contributed by atoms with Crippen molar-refractivity contribution >= 4 is 33.6 Å². The summed E-state index contributed by atoms with van der Waals surface area (Å²) in [6.45, 7) is 0. The van der Waals surface area contributed by atoms with E-state index in [2.05, 4.69) is 26.6 Å². The highest BCUT2D eigenvalue weighted by Gasteiger charge is 2.33. The summed E-state index contributed by atoms with van der Waals surface area (Å²) in [7, 11) is 0. The van der Waals surface area contributed by atoms with Crippen LogP contribution in [0, 0.1) is 11.7 Å². The Labute approximate surface area is 123 Å². The monoisotopic (exact) mass is 344 g/mol. The second kappa shape index (κ2) is 6.21. The van der Waals surface area contributed by atoms with Crippen LogP contribution in [-0.2, 0) is 4.79 Å². The molecular weight excluding hydrogens is 331 g/mol. The summed E-state index contributed by atoms with van der Waals surface area (Å²) in [4.78, 5) is 22.9. The van der Waals surface area contributed by atoms with Crippen molar-refractivity contribution in [2.45, 2.75) is 25.3 Å². The predicted molar refractivity (Wildman–Crippen MR) is 75.0 cm³/mol. The lowest BCUT2D eigenvalue weighted by atomic mass is 10.0. The van der Waals surface area contributed by atoms with Crippen LogP contribution in [0.4, 0.5) is 14.9 Å². The van der Waals surface area contributed by atoms with Crippen LogP contribution in [0.25, 0.3) is 0 Å². The van der Waals surface area contributed by atoms with E-state index in [1.54, 1.807) is 0 Å². The van der Waals surface area contributed by atoms with Gasteiger partial charge in [0, 0.05) is 10.5 Å². The number of carbonyl (C=O) groups excluding carboxylic acids is 1. The van der Waals surface area contributed by atoms with Crippen molar-refractivity contribution in [2.75, 3.05) is 5.32 Å². The van der Waals surface area contributed by atoms with E-state index in [0.717, 1.165) is 6.42 Å². The number of hydrogen-bond acceptors (Lipinski definition) is 2. The van der Waals surface area contributed by atoms with Crippen molar-refractivity contribution in [1.82, 2.24) is 5.32 Å². The molecule has 7 heteroatoms. The summed E-state index contributed by atoms with van der Waals surface area (Å²) in [6, 6.07) is 3.02. The van der Waals surface area contributed by atoms with Gasteiger partial charge in [0.05, 0.1) is 11.6 Å². The number of anilines is 1. The number of carboxylic acid groups (broad SMARTS) is 1. The minimum atomic E-state index is -0.903. The van der Waals surface area contributed by atoms with Crippen molar-refractivity contribution in [2.24, 2.45) is 5.92 Å². The van der Waals surface area contributed by atoms with Crippen LogP contribution < -0.4 is 10.6 Å². The molecule has 0 aromatic heterocycles. The van der Waals surface area contributed by atoms with Crippen LogP contribution in [-0.4, -0.2) is 23.1 Å². The average Bonchev–Trinajstić information content (AvgIpc) is 2.82. The largest absolute Gasteiger partial charge is 0.481 e. The van der Waals surface area contributed by atoms with Crippen LogP contribution in [0.15, 0.2) is 22.7 Å². The van der Waals surface area contributed by atoms with Crippen LogP contribution >= 0.6 is 15.9 Å². The molecular formula is C13H14BrFN2O3. The molecule has 1 aliphatic rings. The zero-order valence-electron chi connectivity index (χ0n) is 10.5. The minimum Gasteiger partial charge on any atom is -0.481 e. The molecule has 2 unspecified atom stereocenters. The van der Waals surface area contributed by atoms with Gasteiger partial charge in [0.1, 0.15) is 5.82 Å². The van der Waals surface area contributed by atoms with Gasteiger partial charge in [0.2, 0.25) is 0 Å². The fourth-order valence-electron chi connectivity index (χ4n) is 2.35. The Hall–Kier alpha value is -1.63. The van der Waals surface area contributed by atoms with Gasteiger partial charge < -0.3 is 15.7 Å². The van der Waals surface area contributed by atoms with Gasteiger partial charge in [0.15, 0.2) is 0 Å². The molecule has 2 atom stereocenters. The van der Waals surface area contributed by atoms with Crippen molar-refractivity contribution in [3.05, 3.63) is 28.5 Å². The molecule has 1 fully saturated rings. The first-order chi connectivity index (χ1) is 9.47. The molecule has 3 N–H and O–H groups in total. The molecule has 1 aromatic carbocycles. The van der Waals surface area contributed by atoms with E-state index in [4.69, 9.17) is 5.11 Å². The Balaban J connectivity index is 1.99. The van der Waals surface area contributed by atoms with Crippen molar-refractivity contribution in [1.29, 1.82) is 0 Å². The SMILES string of the molecule is O=C(Nc1cc(F)ccc1Br)NC1CCCC1C(=O)O. The van der Waals surface area contributed by atoms with E-state index < -0.39 is 23.7 Å². The number of halogens is 2. The number of aliphatic carboxylic acids is 1. The second-order valence-corrected chi connectivity index (χ2v) is 5.56. The lowest BCUT2D eigenvalue weighted by Gasteiger charge is -2.18. The van der Waals surface area contributed by atoms with Gasteiger partial charge in [-0.1, -0.05) is 6.42 Å². The first-order valence-corrected chi connectivity index (χ1v) is 7.02. The molecule has 1 aliphatic carbocycles. The normalized spacial score (nSPS) is 21.5. The number of carbonyl (C=O) groups is 2. The molecule has 5 nitrogen and oxygen atoms in total. The van der Waals surface area contributed by atoms with Gasteiger partial charge >= 0.3 is 12.0 Å². The Morgan fingerprint density at radius 3 is 2.80 bits per heavy atom. The van der Waals surface area contributed by atoms with E-state index in [0.29, 0.717) is 23.0 Å². The molecule has 20 heavy (non-hydrogen) atoms. The van der Waals surface area contributed by atoms with Gasteiger partial charge in [-0.2, -0.15) is 0 Å². The number of rotatable bonds is 3. The molecule has 1 saturated carbocycles. The maximum atomic E-state index is 13.1. The van der Waals surface area contributed by atoms with Crippen molar-refractivity contribution < 1.29 is 19.1 Å². The maximum Gasteiger partial charge on any atom is 0.319 e. The molecule has 0 saturated heterocycles. The van der Waals surface area contributed by atoms with E-state index >= 15 is 0 Å². The second-order valence-electron chi connectivity index (χ2n) is 4.70. The minimum absolute atomic E-state index is 0.298. The van der Waals surface area contributed by atoms with Crippen LogP contribution in [0.5, 0.6) is 0 Å². The molecule has 0 heterocycles. The average molecular weight is 345 g/mol. The van der Waals surface area contributed by atoms with Crippen LogP contribution in [0.3, 0.4) is 0 Å². The van der Waals surface area contributed by atoms with Gasteiger partial charge in [-0.15, -0.1) is 0 Å². The fourth-order valence-corrected chi connectivity index (χ4v) is 2.69. The fraction of sp³-hybridized carbons (Fsp3) is 0.385. The quantitative estimate of drug-likeness (QED) is 0.788. The molecule has 1 aromatic rings. The molecule has 0 spiro atoms. The molecule has 0 bridgehead atoms. The third-order valence-corrected chi connectivity index (χ3v) is 4.02. The Bertz CT molecular complexity index is 538. The maximum absolute atomic E-state index is 13.1. The topological polar surface area (TPSA) is 78.4 Å². The third-order valence-electron chi connectivity index (χ3n) is 3.33. The Kier molecular flexibility index (Phi) is 4.59. The standard InChI is InChI=1S/C13H14BrFN2O3/c14-9-5-4-7(15)6-11(9)17-13(20)16-10-3-1-2-8(10)12(18)19/h4-6,8,10H,1-3H2,(H,18,19)(H2,16,17,20). The van der Waals surface area contributed by atoms with E-state index in [-0.39, 0.29) is 6.04 Å². The first kappa shape index (κ1) is 14.8. The Morgan fingerprint density at radius 2 is 2.10 bits per heavy atom. The zero-order valence-corrected chi connectivity index (χ0v) is 12.1. The van der Waals surface area contributed by atoms with Crippen molar-refractivity contribution in [3.63, 3.8) is 0 Å². The number of nitrogens with one attached hydrogen (secondary N) is 2. The molecule has 108 valence electrons. The summed E-state index contributed by atoms with van der Waals surface area (Å²) in [5, 5.41) is 14.2. The highest BCUT2D eigenvalue weighted by molar-refractivity contribution is 9.10. The Morgan fingerprint density at radius 1 is 1.35 bits per heavy atom. The van der Waals surface area contributed by atoms with Gasteiger partial charge in [0.25, 0.3) is 0 Å². The summed E-state index contributed by atoms with van der Waals surface area (Å²) in [5.74, 6) is -1.93. The van der Waals surface area contributed by atoms with Crippen molar-refractivity contribution in [3.8, 4) is 0 Å². The van der Waals surface area contributed by atoms with E-state index in [1.165, 1.54) is 18.2 Å².